The van der Waals surface area contributed by atoms with Crippen LogP contribution in [0.15, 0.2) is 115 Å². The molecule has 7 rings (SSSR count). The number of aromatic hydroxyl groups is 3. The maximum atomic E-state index is 12.4. The van der Waals surface area contributed by atoms with Crippen LogP contribution in [0.1, 0.15) is 89.0 Å². The van der Waals surface area contributed by atoms with Gasteiger partial charge in [-0.25, -0.2) is 0 Å². The SMILES string of the molecule is CC(=O)c1cc(C(C)(C)C)nn1C.CC(F)(F)Oc1cccc(C=O)c1O.COc1ccc(CN)c(OC)c1.COc1ccc(CNCc2cccc(OC(F)(F)F)c2O)c(OC)c1.COc1ccc(CNCc2cccc(OC(F)(F)F)c2O)c(OC)c1. The lowest BCUT2D eigenvalue weighted by Gasteiger charge is -2.14. The van der Waals surface area contributed by atoms with Gasteiger partial charge in [-0.15, -0.1) is 26.3 Å². The van der Waals surface area contributed by atoms with Crippen molar-refractivity contribution >= 4 is 12.1 Å². The first kappa shape index (κ1) is 74.0. The third-order valence-electron chi connectivity index (χ3n) is 12.0. The van der Waals surface area contributed by atoms with Crippen LogP contribution < -0.4 is 59.0 Å². The lowest BCUT2D eigenvalue weighted by atomic mass is 9.92. The standard InChI is InChI=1S/2C17H18F3NO4.C10H16N2O.C9H8F2O3.C9H13NO2/c2*1-23-13-7-6-11(15(8-13)24-2)9-21-10-12-4-3-5-14(16(12)22)25-17(18,19)20;1-7(13)8-6-9(10(2,3)4)11-12(8)5;1-9(10,11)14-7-4-2-3-6(5-12)8(7)13;1-11-8-4-3-7(6-10)9(5-8)12-2/h2*3-8,21-22H,9-10H2,1-2H3;6H,1-5H3;2-5,13H,1H3;3-5H,6,10H2,1-2H3. The van der Waals surface area contributed by atoms with Gasteiger partial charge in [0.2, 0.25) is 0 Å². The van der Waals surface area contributed by atoms with Gasteiger partial charge in [0.15, 0.2) is 46.6 Å². The molecule has 0 atom stereocenters. The van der Waals surface area contributed by atoms with Gasteiger partial charge in [0.1, 0.15) is 40.2 Å². The Hall–Kier alpha value is -9.21. The molecule has 0 amide bonds. The van der Waals surface area contributed by atoms with Gasteiger partial charge in [0, 0.05) is 105 Å². The molecule has 0 aliphatic heterocycles. The molecule has 0 fully saturated rings. The first-order valence-electron chi connectivity index (χ1n) is 26.5. The largest absolute Gasteiger partial charge is 0.573 e. The fourth-order valence-corrected chi connectivity index (χ4v) is 7.59. The number of hydrogen-bond acceptors (Lipinski definition) is 18. The fourth-order valence-electron chi connectivity index (χ4n) is 7.59. The molecule has 19 nitrogen and oxygen atoms in total. The number of para-hydroxylation sites is 3. The Balaban J connectivity index is 0.000000302. The maximum Gasteiger partial charge on any atom is 0.573 e. The van der Waals surface area contributed by atoms with E-state index in [1.54, 1.807) is 71.4 Å². The van der Waals surface area contributed by atoms with E-state index >= 15 is 0 Å². The molecule has 0 saturated carbocycles. The smallest absolute Gasteiger partial charge is 0.504 e. The number of halogens is 8. The average molecular weight is 1260 g/mol. The van der Waals surface area contributed by atoms with Gasteiger partial charge in [0.25, 0.3) is 0 Å². The number of benzene rings is 6. The van der Waals surface area contributed by atoms with Gasteiger partial charge < -0.3 is 74.3 Å². The van der Waals surface area contributed by atoms with E-state index < -0.39 is 53.3 Å². The normalized spacial score (nSPS) is 11.1. The van der Waals surface area contributed by atoms with Crippen LogP contribution in [-0.2, 0) is 45.2 Å². The summed E-state index contributed by atoms with van der Waals surface area (Å²) in [6.45, 7) is 9.90. The molecule has 0 bridgehead atoms. The number of nitrogens with two attached hydrogens (primary N) is 1. The molecule has 0 aliphatic carbocycles. The highest BCUT2D eigenvalue weighted by atomic mass is 19.4. The molecule has 0 aliphatic rings. The second-order valence-corrected chi connectivity index (χ2v) is 19.6. The van der Waals surface area contributed by atoms with Gasteiger partial charge >= 0.3 is 18.8 Å². The fraction of sp³-hybridized carbons (Fsp3) is 0.339. The Labute approximate surface area is 509 Å². The van der Waals surface area contributed by atoms with Crippen molar-refractivity contribution in [2.24, 2.45) is 12.8 Å². The zero-order valence-corrected chi connectivity index (χ0v) is 50.9. The number of aldehydes is 1. The molecule has 0 unspecified atom stereocenters. The van der Waals surface area contributed by atoms with E-state index in [4.69, 9.17) is 34.2 Å². The number of Topliss-reactive ketones (excluding diaryl/α,β-unsaturated/α-hetero) is 1. The lowest BCUT2D eigenvalue weighted by molar-refractivity contribution is -0.276. The highest BCUT2D eigenvalue weighted by Gasteiger charge is 2.34. The van der Waals surface area contributed by atoms with Gasteiger partial charge in [-0.1, -0.05) is 69.3 Å². The van der Waals surface area contributed by atoms with Gasteiger partial charge in [-0.05, 0) is 48.5 Å². The molecular formula is C62H73F8N5O14. The second-order valence-electron chi connectivity index (χ2n) is 19.6. The quantitative estimate of drug-likeness (QED) is 0.0222. The van der Waals surface area contributed by atoms with Gasteiger partial charge in [-0.2, -0.15) is 13.9 Å². The molecule has 1 heterocycles. The van der Waals surface area contributed by atoms with E-state index in [-0.39, 0.29) is 41.0 Å². The van der Waals surface area contributed by atoms with Crippen LogP contribution >= 0.6 is 0 Å². The molecule has 486 valence electrons. The predicted octanol–water partition coefficient (Wildman–Crippen LogP) is 12.5. The third kappa shape index (κ3) is 24.8. The zero-order chi connectivity index (χ0) is 66.9. The van der Waals surface area contributed by atoms with Crippen molar-refractivity contribution in [2.45, 2.75) is 91.6 Å². The number of aryl methyl sites for hydroxylation is 1. The summed E-state index contributed by atoms with van der Waals surface area (Å²) in [5, 5.41) is 39.5. The minimum atomic E-state index is -4.86. The number of hydrogen-bond donors (Lipinski definition) is 6. The summed E-state index contributed by atoms with van der Waals surface area (Å²) >= 11 is 0. The van der Waals surface area contributed by atoms with Crippen LogP contribution in [0.2, 0.25) is 0 Å². The Bertz CT molecular complexity index is 3250. The molecule has 7 N–H and O–H groups in total. The molecular weight excluding hydrogens is 1190 g/mol. The summed E-state index contributed by atoms with van der Waals surface area (Å²) in [5.74, 6) is 0.796. The van der Waals surface area contributed by atoms with Crippen molar-refractivity contribution in [2.75, 3.05) is 42.7 Å². The van der Waals surface area contributed by atoms with E-state index in [1.807, 2.05) is 36.4 Å². The minimum Gasteiger partial charge on any atom is -0.504 e. The van der Waals surface area contributed by atoms with E-state index in [0.717, 1.165) is 52.1 Å². The van der Waals surface area contributed by atoms with Crippen LogP contribution in [0, 0.1) is 0 Å². The molecule has 89 heavy (non-hydrogen) atoms. The Kier molecular flexibility index (Phi) is 28.6. The topological polar surface area (TPSA) is 246 Å². The zero-order valence-electron chi connectivity index (χ0n) is 50.9. The third-order valence-corrected chi connectivity index (χ3v) is 12.0. The van der Waals surface area contributed by atoms with E-state index in [0.29, 0.717) is 61.5 Å². The summed E-state index contributed by atoms with van der Waals surface area (Å²) in [7, 11) is 11.2. The summed E-state index contributed by atoms with van der Waals surface area (Å²) < 4.78 is 143. The summed E-state index contributed by atoms with van der Waals surface area (Å²) in [6, 6.07) is 29.8. The van der Waals surface area contributed by atoms with Crippen LogP contribution in [0.5, 0.6) is 69.0 Å². The number of carbonyl (C=O) groups excluding carboxylic acids is 2. The van der Waals surface area contributed by atoms with Crippen molar-refractivity contribution in [1.82, 2.24) is 20.4 Å². The van der Waals surface area contributed by atoms with Crippen LogP contribution in [0.25, 0.3) is 0 Å². The van der Waals surface area contributed by atoms with Crippen LogP contribution in [0.4, 0.5) is 35.1 Å². The molecule has 6 aromatic carbocycles. The number of nitrogens with one attached hydrogen (secondary N) is 2. The first-order chi connectivity index (χ1) is 41.7. The number of alkyl halides is 8. The number of carbonyl (C=O) groups is 2. The van der Waals surface area contributed by atoms with Gasteiger partial charge in [0.05, 0.1) is 53.9 Å². The Morgan fingerprint density at radius 3 is 1.20 bits per heavy atom. The number of phenols is 3. The molecule has 0 saturated heterocycles. The van der Waals surface area contributed by atoms with Gasteiger partial charge in [-0.3, -0.25) is 14.3 Å². The van der Waals surface area contributed by atoms with E-state index in [1.165, 1.54) is 50.6 Å². The van der Waals surface area contributed by atoms with Crippen molar-refractivity contribution in [3.8, 4) is 69.0 Å². The number of phenolic OH excluding ortho intramolecular Hbond substituents is 3. The number of rotatable bonds is 21. The summed E-state index contributed by atoms with van der Waals surface area (Å²) in [5.41, 5.74) is 10.3. The van der Waals surface area contributed by atoms with Crippen molar-refractivity contribution in [1.29, 1.82) is 0 Å². The van der Waals surface area contributed by atoms with Crippen molar-refractivity contribution < 1.29 is 103 Å². The van der Waals surface area contributed by atoms with Crippen molar-refractivity contribution in [3.05, 3.63) is 160 Å². The second kappa shape index (κ2) is 34.4. The summed E-state index contributed by atoms with van der Waals surface area (Å²) in [4.78, 5) is 21.5. The highest BCUT2D eigenvalue weighted by Crippen LogP contribution is 2.37. The van der Waals surface area contributed by atoms with Crippen LogP contribution in [-0.4, -0.2) is 98.7 Å². The number of nitrogens with zero attached hydrogens (tertiary/aromatic N) is 2. The number of aromatic nitrogens is 2. The van der Waals surface area contributed by atoms with E-state index in [9.17, 15) is 60.0 Å². The number of methoxy groups -OCH3 is 6. The Morgan fingerprint density at radius 1 is 0.517 bits per heavy atom. The van der Waals surface area contributed by atoms with E-state index in [2.05, 4.69) is 50.7 Å². The lowest BCUT2D eigenvalue weighted by Crippen LogP contribution is -2.19. The number of ether oxygens (including phenoxy) is 9. The summed E-state index contributed by atoms with van der Waals surface area (Å²) in [6.07, 6.45) is -12.8. The minimum absolute atomic E-state index is 0.00542. The maximum absolute atomic E-state index is 12.4. The highest BCUT2D eigenvalue weighted by molar-refractivity contribution is 5.92. The van der Waals surface area contributed by atoms with Crippen LogP contribution in [0.3, 0.4) is 0 Å². The average Bonchev–Trinajstić information content (AvgIpc) is 3.35. The molecule has 27 heteroatoms. The Morgan fingerprint density at radius 2 is 0.888 bits per heavy atom. The molecule has 1 aromatic heterocycles. The molecule has 0 radical (unpaired) electrons. The molecule has 7 aromatic rings. The molecule has 0 spiro atoms. The number of ketones is 1. The monoisotopic (exact) mass is 1260 g/mol. The first-order valence-corrected chi connectivity index (χ1v) is 26.5. The predicted molar refractivity (Wildman–Crippen MR) is 314 cm³/mol. The van der Waals surface area contributed by atoms with Crippen molar-refractivity contribution in [3.63, 3.8) is 0 Å².